The van der Waals surface area contributed by atoms with Crippen LogP contribution in [-0.2, 0) is 29.2 Å². The predicted molar refractivity (Wildman–Crippen MR) is 95.7 cm³/mol. The lowest BCUT2D eigenvalue weighted by molar-refractivity contribution is -0.126. The normalized spacial score (nSPS) is 18.7. The van der Waals surface area contributed by atoms with E-state index in [2.05, 4.69) is 22.8 Å². The summed E-state index contributed by atoms with van der Waals surface area (Å²) in [5, 5.41) is 6.13. The largest absolute Gasteiger partial charge is 0.352 e. The van der Waals surface area contributed by atoms with Crippen LogP contribution in [0.15, 0.2) is 36.4 Å². The van der Waals surface area contributed by atoms with Crippen molar-refractivity contribution in [1.82, 2.24) is 10.6 Å². The molecule has 27 heavy (non-hydrogen) atoms. The number of rotatable bonds is 4. The van der Waals surface area contributed by atoms with Crippen molar-refractivity contribution in [1.29, 1.82) is 0 Å². The first-order valence-electron chi connectivity index (χ1n) is 8.86. The number of nitrogens with zero attached hydrogens (tertiary/aromatic N) is 1. The number of hydrogen-bond acceptors (Lipinski definition) is 3. The zero-order chi connectivity index (χ0) is 19.0. The van der Waals surface area contributed by atoms with Gasteiger partial charge in [-0.1, -0.05) is 18.2 Å². The highest BCUT2D eigenvalue weighted by molar-refractivity contribution is 6.00. The first-order chi connectivity index (χ1) is 13.0. The molecule has 1 unspecified atom stereocenters. The maximum atomic E-state index is 13.9. The summed E-state index contributed by atoms with van der Waals surface area (Å²) < 4.78 is 27.0. The van der Waals surface area contributed by atoms with Crippen molar-refractivity contribution < 1.29 is 18.4 Å². The molecule has 2 N–H and O–H groups in total. The van der Waals surface area contributed by atoms with Crippen LogP contribution in [0, 0.1) is 17.6 Å². The monoisotopic (exact) mass is 371 g/mol. The van der Waals surface area contributed by atoms with Crippen molar-refractivity contribution in [2.24, 2.45) is 5.92 Å². The molecule has 2 aliphatic heterocycles. The molecule has 2 aliphatic rings. The summed E-state index contributed by atoms with van der Waals surface area (Å²) in [4.78, 5) is 25.9. The molecule has 0 aliphatic carbocycles. The first-order valence-corrected chi connectivity index (χ1v) is 8.86. The Morgan fingerprint density at radius 1 is 1.15 bits per heavy atom. The molecule has 0 spiro atoms. The van der Waals surface area contributed by atoms with Crippen LogP contribution < -0.4 is 15.5 Å². The number of anilines is 1. The topological polar surface area (TPSA) is 61.4 Å². The Kier molecular flexibility index (Phi) is 4.61. The molecule has 0 radical (unpaired) electrons. The van der Waals surface area contributed by atoms with Crippen molar-refractivity contribution in [3.63, 3.8) is 0 Å². The molecular formula is C20H19F2N3O2. The van der Waals surface area contributed by atoms with Crippen molar-refractivity contribution in [3.8, 4) is 0 Å². The average Bonchev–Trinajstić information content (AvgIpc) is 3.26. The molecule has 1 fully saturated rings. The summed E-state index contributed by atoms with van der Waals surface area (Å²) in [6.07, 6.45) is 0.0107. The second kappa shape index (κ2) is 7.08. The predicted octanol–water partition coefficient (Wildman–Crippen LogP) is 2.24. The molecule has 1 saturated heterocycles. The smallest absolute Gasteiger partial charge is 0.227 e. The maximum absolute atomic E-state index is 13.9. The molecule has 0 saturated carbocycles. The van der Waals surface area contributed by atoms with E-state index in [1.54, 1.807) is 0 Å². The van der Waals surface area contributed by atoms with Crippen LogP contribution in [0.25, 0.3) is 0 Å². The molecule has 0 bridgehead atoms. The second-order valence-electron chi connectivity index (χ2n) is 6.93. The van der Waals surface area contributed by atoms with Gasteiger partial charge < -0.3 is 15.5 Å². The van der Waals surface area contributed by atoms with E-state index in [0.717, 1.165) is 30.8 Å². The Morgan fingerprint density at radius 3 is 2.78 bits per heavy atom. The van der Waals surface area contributed by atoms with Crippen molar-refractivity contribution in [3.05, 3.63) is 64.7 Å². The summed E-state index contributed by atoms with van der Waals surface area (Å²) in [5.74, 6) is -2.66. The van der Waals surface area contributed by atoms with Gasteiger partial charge >= 0.3 is 0 Å². The van der Waals surface area contributed by atoms with E-state index in [1.165, 1.54) is 22.1 Å². The summed E-state index contributed by atoms with van der Waals surface area (Å²) in [7, 11) is 0. The van der Waals surface area contributed by atoms with Crippen LogP contribution in [0.3, 0.4) is 0 Å². The van der Waals surface area contributed by atoms with Gasteiger partial charge in [-0.15, -0.1) is 0 Å². The Morgan fingerprint density at radius 2 is 1.96 bits per heavy atom. The highest BCUT2D eigenvalue weighted by atomic mass is 19.1. The van der Waals surface area contributed by atoms with E-state index >= 15 is 0 Å². The summed E-state index contributed by atoms with van der Waals surface area (Å²) >= 11 is 0. The van der Waals surface area contributed by atoms with Gasteiger partial charge in [0.25, 0.3) is 0 Å². The van der Waals surface area contributed by atoms with Gasteiger partial charge in [-0.2, -0.15) is 0 Å². The summed E-state index contributed by atoms with van der Waals surface area (Å²) in [6, 6.07) is 9.15. The third kappa shape index (κ3) is 3.55. The minimum absolute atomic E-state index is 0.00261. The number of carbonyl (C=O) groups is 2. The van der Waals surface area contributed by atoms with Crippen LogP contribution in [0.1, 0.15) is 23.1 Å². The number of hydrogen-bond donors (Lipinski definition) is 2. The van der Waals surface area contributed by atoms with E-state index in [4.69, 9.17) is 0 Å². The third-order valence-electron chi connectivity index (χ3n) is 5.06. The fraction of sp³-hybridized carbons (Fsp3) is 0.300. The summed E-state index contributed by atoms with van der Waals surface area (Å²) in [6.45, 7) is 2.15. The number of fused-ring (bicyclic) bond motifs is 1. The van der Waals surface area contributed by atoms with E-state index < -0.39 is 17.6 Å². The quantitative estimate of drug-likeness (QED) is 0.867. The standard InChI is InChI=1S/C20H19F2N3O2/c21-16-3-4-18(17(22)7-16)25-11-15(6-19(25)26)20(27)24-8-12-1-2-13-9-23-10-14(13)5-12/h1-5,7,15,23H,6,8-11H2,(H,24,27). The van der Waals surface area contributed by atoms with Crippen LogP contribution in [0.4, 0.5) is 14.5 Å². The zero-order valence-electron chi connectivity index (χ0n) is 14.6. The second-order valence-corrected chi connectivity index (χ2v) is 6.93. The Bertz CT molecular complexity index is 916. The third-order valence-corrected chi connectivity index (χ3v) is 5.06. The Labute approximate surface area is 155 Å². The number of amides is 2. The minimum atomic E-state index is -0.809. The van der Waals surface area contributed by atoms with Gasteiger partial charge in [0.1, 0.15) is 11.6 Å². The molecule has 5 nitrogen and oxygen atoms in total. The van der Waals surface area contributed by atoms with E-state index in [-0.39, 0.29) is 30.5 Å². The summed E-state index contributed by atoms with van der Waals surface area (Å²) in [5.41, 5.74) is 3.50. The van der Waals surface area contributed by atoms with Gasteiger partial charge in [0, 0.05) is 38.7 Å². The van der Waals surface area contributed by atoms with Gasteiger partial charge in [-0.25, -0.2) is 8.78 Å². The number of benzene rings is 2. The molecule has 0 aromatic heterocycles. The molecule has 2 amide bonds. The van der Waals surface area contributed by atoms with Gasteiger partial charge in [0.15, 0.2) is 0 Å². The molecule has 2 aromatic carbocycles. The fourth-order valence-electron chi connectivity index (χ4n) is 3.61. The van der Waals surface area contributed by atoms with E-state index in [0.29, 0.717) is 6.54 Å². The highest BCUT2D eigenvalue weighted by Crippen LogP contribution is 2.28. The SMILES string of the molecule is O=C(NCc1ccc2c(c1)CNC2)C1CC(=O)N(c2ccc(F)cc2F)C1. The van der Waals surface area contributed by atoms with Crippen LogP contribution in [0.2, 0.25) is 0 Å². The zero-order valence-corrected chi connectivity index (χ0v) is 14.6. The molecule has 2 heterocycles. The number of carbonyl (C=O) groups excluding carboxylic acids is 2. The van der Waals surface area contributed by atoms with Crippen molar-refractivity contribution in [2.45, 2.75) is 26.1 Å². The Hall–Kier alpha value is -2.80. The van der Waals surface area contributed by atoms with Crippen molar-refractivity contribution >= 4 is 17.5 Å². The van der Waals surface area contributed by atoms with E-state index in [9.17, 15) is 18.4 Å². The fourth-order valence-corrected chi connectivity index (χ4v) is 3.61. The number of halogens is 2. The lowest BCUT2D eigenvalue weighted by atomic mass is 10.1. The van der Waals surface area contributed by atoms with E-state index in [1.807, 2.05) is 6.07 Å². The molecule has 1 atom stereocenters. The molecular weight excluding hydrogens is 352 g/mol. The van der Waals surface area contributed by atoms with Crippen LogP contribution in [0.5, 0.6) is 0 Å². The minimum Gasteiger partial charge on any atom is -0.352 e. The molecule has 2 aromatic rings. The lowest BCUT2D eigenvalue weighted by Crippen LogP contribution is -2.32. The maximum Gasteiger partial charge on any atom is 0.227 e. The average molecular weight is 371 g/mol. The molecule has 4 rings (SSSR count). The van der Waals surface area contributed by atoms with Crippen LogP contribution in [-0.4, -0.2) is 18.4 Å². The van der Waals surface area contributed by atoms with Gasteiger partial charge in [0.2, 0.25) is 11.8 Å². The Balaban J connectivity index is 1.39. The highest BCUT2D eigenvalue weighted by Gasteiger charge is 2.36. The first kappa shape index (κ1) is 17.6. The van der Waals surface area contributed by atoms with Gasteiger partial charge in [-0.05, 0) is 28.8 Å². The molecule has 140 valence electrons. The van der Waals surface area contributed by atoms with Gasteiger partial charge in [-0.3, -0.25) is 9.59 Å². The number of nitrogens with one attached hydrogen (secondary N) is 2. The van der Waals surface area contributed by atoms with Gasteiger partial charge in [0.05, 0.1) is 11.6 Å². The van der Waals surface area contributed by atoms with Crippen LogP contribution >= 0.6 is 0 Å². The lowest BCUT2D eigenvalue weighted by Gasteiger charge is -2.17. The molecule has 7 heteroatoms. The van der Waals surface area contributed by atoms with Crippen molar-refractivity contribution in [2.75, 3.05) is 11.4 Å².